The van der Waals surface area contributed by atoms with Gasteiger partial charge in [0, 0.05) is 4.88 Å². The molecule has 2 atom stereocenters. The van der Waals surface area contributed by atoms with E-state index < -0.39 is 17.6 Å². The number of nitrogens with zero attached hydrogens (tertiary/aromatic N) is 1. The molecule has 0 fully saturated rings. The number of Topliss-reactive ketones (excluding diaryl/α,β-unsaturated/α-hetero) is 1. The summed E-state index contributed by atoms with van der Waals surface area (Å²) in [5.74, 6) is -2.32. The average molecular weight is 312 g/mol. The van der Waals surface area contributed by atoms with Crippen molar-refractivity contribution in [2.45, 2.75) is 19.9 Å². The Bertz CT molecular complexity index is 716. The van der Waals surface area contributed by atoms with E-state index >= 15 is 0 Å². The van der Waals surface area contributed by atoms with Crippen molar-refractivity contribution in [1.82, 2.24) is 5.32 Å². The van der Waals surface area contributed by atoms with Crippen LogP contribution in [0.5, 0.6) is 0 Å². The zero-order valence-electron chi connectivity index (χ0n) is 12.4. The molecular weight excluding hydrogens is 296 g/mol. The Labute approximate surface area is 133 Å². The van der Waals surface area contributed by atoms with Crippen LogP contribution in [0.4, 0.5) is 0 Å². The number of nitrogens with one attached hydrogen (secondary N) is 1. The molecule has 4 nitrogen and oxygen atoms in total. The van der Waals surface area contributed by atoms with E-state index in [1.165, 1.54) is 11.3 Å². The minimum Gasteiger partial charge on any atom is -0.348 e. The highest BCUT2D eigenvalue weighted by atomic mass is 32.1. The fourth-order valence-corrected chi connectivity index (χ4v) is 2.90. The third kappa shape index (κ3) is 3.60. The highest BCUT2D eigenvalue weighted by Crippen LogP contribution is 2.20. The van der Waals surface area contributed by atoms with Crippen LogP contribution in [0.1, 0.15) is 33.1 Å². The van der Waals surface area contributed by atoms with Crippen molar-refractivity contribution in [3.63, 3.8) is 0 Å². The molecule has 22 heavy (non-hydrogen) atoms. The fraction of sp³-hybridized carbons (Fsp3) is 0.235. The number of benzene rings is 1. The molecule has 0 aliphatic rings. The number of ketones is 1. The summed E-state index contributed by atoms with van der Waals surface area (Å²) >= 11 is 1.29. The van der Waals surface area contributed by atoms with Crippen molar-refractivity contribution in [1.29, 1.82) is 5.26 Å². The fourth-order valence-electron chi connectivity index (χ4n) is 2.07. The molecule has 112 valence electrons. The Hall–Kier alpha value is -2.45. The number of hydrogen-bond acceptors (Lipinski definition) is 4. The van der Waals surface area contributed by atoms with E-state index in [0.717, 1.165) is 10.4 Å². The standard InChI is InChI=1S/C17H16N2O2S/c1-11-8-9-15(22-11)16(20)14(10-18)17(21)19-12(2)13-6-4-3-5-7-13/h3-9,12,14H,1-2H3,(H,19,21)/t12-,14-/m1/s1. The van der Waals surface area contributed by atoms with Crippen LogP contribution < -0.4 is 5.32 Å². The monoisotopic (exact) mass is 312 g/mol. The van der Waals surface area contributed by atoms with E-state index in [0.29, 0.717) is 4.88 Å². The first kappa shape index (κ1) is 15.9. The van der Waals surface area contributed by atoms with Gasteiger partial charge in [-0.2, -0.15) is 5.26 Å². The number of thiophene rings is 1. The Balaban J connectivity index is 2.09. The van der Waals surface area contributed by atoms with E-state index in [1.807, 2.05) is 50.2 Å². The average Bonchev–Trinajstić information content (AvgIpc) is 2.95. The number of nitriles is 1. The molecule has 5 heteroatoms. The first-order valence-corrected chi connectivity index (χ1v) is 7.70. The lowest BCUT2D eigenvalue weighted by molar-refractivity contribution is -0.122. The minimum atomic E-state index is -1.32. The largest absolute Gasteiger partial charge is 0.348 e. The van der Waals surface area contributed by atoms with Crippen LogP contribution in [0.25, 0.3) is 0 Å². The van der Waals surface area contributed by atoms with Gasteiger partial charge in [0.15, 0.2) is 11.7 Å². The molecule has 1 amide bonds. The molecular formula is C17H16N2O2S. The molecule has 1 heterocycles. The molecule has 0 saturated heterocycles. The van der Waals surface area contributed by atoms with Crippen LogP contribution in [0.2, 0.25) is 0 Å². The molecule has 0 bridgehead atoms. The number of aryl methyl sites for hydroxylation is 1. The second kappa shape index (κ2) is 7.01. The smallest absolute Gasteiger partial charge is 0.245 e. The van der Waals surface area contributed by atoms with Crippen molar-refractivity contribution in [2.24, 2.45) is 5.92 Å². The normalized spacial score (nSPS) is 13.0. The molecule has 0 radical (unpaired) electrons. The van der Waals surface area contributed by atoms with Gasteiger partial charge in [-0.1, -0.05) is 30.3 Å². The number of amides is 1. The van der Waals surface area contributed by atoms with Crippen LogP contribution in [-0.4, -0.2) is 11.7 Å². The van der Waals surface area contributed by atoms with Crippen LogP contribution in [0, 0.1) is 24.2 Å². The van der Waals surface area contributed by atoms with Crippen LogP contribution in [-0.2, 0) is 4.79 Å². The summed E-state index contributed by atoms with van der Waals surface area (Å²) in [6.45, 7) is 3.70. The molecule has 1 aromatic carbocycles. The first-order valence-electron chi connectivity index (χ1n) is 6.88. The summed E-state index contributed by atoms with van der Waals surface area (Å²) in [6.07, 6.45) is 0. The van der Waals surface area contributed by atoms with Crippen molar-refractivity contribution in [3.05, 3.63) is 57.8 Å². The van der Waals surface area contributed by atoms with Gasteiger partial charge >= 0.3 is 0 Å². The number of hydrogen-bond donors (Lipinski definition) is 1. The molecule has 2 rings (SSSR count). The van der Waals surface area contributed by atoms with Crippen LogP contribution >= 0.6 is 11.3 Å². The molecule has 2 aromatic rings. The maximum Gasteiger partial charge on any atom is 0.245 e. The van der Waals surface area contributed by atoms with E-state index in [9.17, 15) is 14.9 Å². The molecule has 0 aliphatic heterocycles. The van der Waals surface area contributed by atoms with Crippen molar-refractivity contribution in [3.8, 4) is 6.07 Å². The highest BCUT2D eigenvalue weighted by molar-refractivity contribution is 7.14. The molecule has 0 spiro atoms. The first-order chi connectivity index (χ1) is 10.5. The van der Waals surface area contributed by atoms with Gasteiger partial charge in [0.1, 0.15) is 0 Å². The van der Waals surface area contributed by atoms with Crippen molar-refractivity contribution in [2.75, 3.05) is 0 Å². The maximum absolute atomic E-state index is 12.3. The Morgan fingerprint density at radius 2 is 1.86 bits per heavy atom. The molecule has 1 N–H and O–H groups in total. The molecule has 0 saturated carbocycles. The summed E-state index contributed by atoms with van der Waals surface area (Å²) in [4.78, 5) is 25.9. The Morgan fingerprint density at radius 3 is 2.41 bits per heavy atom. The van der Waals surface area contributed by atoms with Gasteiger partial charge in [-0.15, -0.1) is 11.3 Å². The lowest BCUT2D eigenvalue weighted by atomic mass is 10.0. The highest BCUT2D eigenvalue weighted by Gasteiger charge is 2.29. The van der Waals surface area contributed by atoms with Gasteiger partial charge in [-0.3, -0.25) is 9.59 Å². The summed E-state index contributed by atoms with van der Waals surface area (Å²) in [7, 11) is 0. The zero-order chi connectivity index (χ0) is 16.1. The van der Waals surface area contributed by atoms with Gasteiger partial charge in [-0.05, 0) is 31.5 Å². The van der Waals surface area contributed by atoms with Crippen LogP contribution in [0.15, 0.2) is 42.5 Å². The van der Waals surface area contributed by atoms with Gasteiger partial charge in [0.2, 0.25) is 5.91 Å². The molecule has 0 unspecified atom stereocenters. The summed E-state index contributed by atoms with van der Waals surface area (Å²) < 4.78 is 0. The van der Waals surface area contributed by atoms with Gasteiger partial charge in [0.25, 0.3) is 0 Å². The Morgan fingerprint density at radius 1 is 1.18 bits per heavy atom. The predicted octanol–water partition coefficient (Wildman–Crippen LogP) is 3.26. The van der Waals surface area contributed by atoms with Gasteiger partial charge in [-0.25, -0.2) is 0 Å². The number of carbonyl (C=O) groups is 2. The lowest BCUT2D eigenvalue weighted by Crippen LogP contribution is -2.36. The Kier molecular flexibility index (Phi) is 5.08. The molecule has 0 aliphatic carbocycles. The third-order valence-corrected chi connectivity index (χ3v) is 4.31. The number of rotatable bonds is 5. The van der Waals surface area contributed by atoms with E-state index in [2.05, 4.69) is 5.32 Å². The van der Waals surface area contributed by atoms with E-state index in [1.54, 1.807) is 12.1 Å². The van der Waals surface area contributed by atoms with Gasteiger partial charge < -0.3 is 5.32 Å². The summed E-state index contributed by atoms with van der Waals surface area (Å²) in [6, 6.07) is 14.4. The quantitative estimate of drug-likeness (QED) is 0.680. The van der Waals surface area contributed by atoms with Crippen LogP contribution in [0.3, 0.4) is 0 Å². The van der Waals surface area contributed by atoms with Crippen molar-refractivity contribution < 1.29 is 9.59 Å². The second-order valence-corrected chi connectivity index (χ2v) is 6.27. The predicted molar refractivity (Wildman–Crippen MR) is 85.5 cm³/mol. The second-order valence-electron chi connectivity index (χ2n) is 4.98. The van der Waals surface area contributed by atoms with E-state index in [-0.39, 0.29) is 6.04 Å². The minimum absolute atomic E-state index is 0.262. The SMILES string of the molecule is Cc1ccc(C(=O)[C@@H](C#N)C(=O)N[C@H](C)c2ccccc2)s1. The topological polar surface area (TPSA) is 70.0 Å². The zero-order valence-corrected chi connectivity index (χ0v) is 13.2. The lowest BCUT2D eigenvalue weighted by Gasteiger charge is -2.16. The summed E-state index contributed by atoms with van der Waals surface area (Å²) in [5.41, 5.74) is 0.923. The summed E-state index contributed by atoms with van der Waals surface area (Å²) in [5, 5.41) is 11.9. The van der Waals surface area contributed by atoms with Gasteiger partial charge in [0.05, 0.1) is 17.0 Å². The van der Waals surface area contributed by atoms with E-state index in [4.69, 9.17) is 0 Å². The molecule has 1 aromatic heterocycles. The maximum atomic E-state index is 12.3. The number of carbonyl (C=O) groups excluding carboxylic acids is 2. The third-order valence-electron chi connectivity index (χ3n) is 3.30. The van der Waals surface area contributed by atoms with Crippen molar-refractivity contribution >= 4 is 23.0 Å².